The van der Waals surface area contributed by atoms with Crippen molar-refractivity contribution >= 4 is 51.8 Å². The summed E-state index contributed by atoms with van der Waals surface area (Å²) >= 11 is 2.16. The third-order valence-corrected chi connectivity index (χ3v) is 5.92. The second-order valence-electron chi connectivity index (χ2n) is 7.12. The number of benzene rings is 2. The van der Waals surface area contributed by atoms with Crippen LogP contribution in [0.5, 0.6) is 0 Å². The van der Waals surface area contributed by atoms with Gasteiger partial charge in [0.15, 0.2) is 5.41 Å². The van der Waals surface area contributed by atoms with Gasteiger partial charge in [-0.25, -0.2) is 9.69 Å². The van der Waals surface area contributed by atoms with E-state index in [0.717, 1.165) is 25.3 Å². The molecule has 2 heterocycles. The zero-order valence-corrected chi connectivity index (χ0v) is 17.1. The molecule has 2 aliphatic rings. The molecule has 1 spiro atoms. The summed E-state index contributed by atoms with van der Waals surface area (Å²) in [7, 11) is 1.86. The maximum absolute atomic E-state index is 13.5. The van der Waals surface area contributed by atoms with Crippen LogP contribution in [-0.2, 0) is 16.0 Å². The molecule has 4 amide bonds. The highest BCUT2D eigenvalue weighted by Gasteiger charge is 2.56. The number of carbonyl (C=O) groups is 3. The van der Waals surface area contributed by atoms with E-state index in [1.165, 1.54) is 0 Å². The van der Waals surface area contributed by atoms with Crippen LogP contribution in [0.3, 0.4) is 0 Å². The number of imide groups is 2. The largest absolute Gasteiger partial charge is 0.373 e. The minimum absolute atomic E-state index is 0.224. The van der Waals surface area contributed by atoms with E-state index in [9.17, 15) is 14.4 Å². The van der Waals surface area contributed by atoms with E-state index in [2.05, 4.69) is 27.9 Å². The molecule has 0 unspecified atom stereocenters. The maximum atomic E-state index is 13.5. The number of amides is 4. The van der Waals surface area contributed by atoms with E-state index in [4.69, 9.17) is 0 Å². The van der Waals surface area contributed by atoms with E-state index < -0.39 is 23.3 Å². The van der Waals surface area contributed by atoms with Crippen LogP contribution in [0.4, 0.5) is 16.2 Å². The minimum atomic E-state index is -1.33. The Bertz CT molecular complexity index is 973. The Morgan fingerprint density at radius 2 is 1.78 bits per heavy atom. The fraction of sp³-hybridized carbons (Fsp3) is 0.250. The van der Waals surface area contributed by atoms with Gasteiger partial charge in [-0.3, -0.25) is 14.9 Å². The van der Waals surface area contributed by atoms with Crippen molar-refractivity contribution in [1.82, 2.24) is 5.32 Å². The third kappa shape index (κ3) is 2.80. The average molecular weight is 475 g/mol. The van der Waals surface area contributed by atoms with Crippen molar-refractivity contribution < 1.29 is 14.4 Å². The summed E-state index contributed by atoms with van der Waals surface area (Å²) < 4.78 is 0.994. The number of nitrogens with one attached hydrogen (secondary N) is 1. The van der Waals surface area contributed by atoms with Gasteiger partial charge in [0, 0.05) is 22.8 Å². The first-order valence-electron chi connectivity index (χ1n) is 8.58. The molecule has 0 radical (unpaired) electrons. The first kappa shape index (κ1) is 18.0. The number of fused-ring (bicyclic) bond motifs is 1. The van der Waals surface area contributed by atoms with Crippen molar-refractivity contribution in [2.45, 2.75) is 13.3 Å². The number of hydrogen-bond donors (Lipinski definition) is 1. The molecule has 2 aromatic rings. The highest BCUT2D eigenvalue weighted by atomic mass is 127. The molecule has 1 fully saturated rings. The zero-order chi connectivity index (χ0) is 19.3. The summed E-state index contributed by atoms with van der Waals surface area (Å²) in [6.07, 6.45) is 0.271. The van der Waals surface area contributed by atoms with E-state index in [1.54, 1.807) is 12.1 Å². The van der Waals surface area contributed by atoms with Crippen molar-refractivity contribution in [3.8, 4) is 0 Å². The van der Waals surface area contributed by atoms with Crippen molar-refractivity contribution in [1.29, 1.82) is 0 Å². The van der Waals surface area contributed by atoms with E-state index in [0.29, 0.717) is 5.69 Å². The maximum Gasteiger partial charge on any atom is 0.335 e. The predicted octanol–water partition coefficient (Wildman–Crippen LogP) is 2.86. The number of hydrogen-bond acceptors (Lipinski definition) is 4. The molecule has 1 N–H and O–H groups in total. The molecule has 0 aromatic heterocycles. The van der Waals surface area contributed by atoms with Crippen LogP contribution in [0.2, 0.25) is 0 Å². The van der Waals surface area contributed by atoms with Gasteiger partial charge in [0.1, 0.15) is 0 Å². The molecule has 0 aliphatic carbocycles. The lowest BCUT2D eigenvalue weighted by molar-refractivity contribution is -0.142. The van der Waals surface area contributed by atoms with Gasteiger partial charge in [0.25, 0.3) is 5.91 Å². The smallest absolute Gasteiger partial charge is 0.335 e. The molecule has 138 valence electrons. The first-order valence-corrected chi connectivity index (χ1v) is 9.66. The lowest BCUT2D eigenvalue weighted by Gasteiger charge is -2.45. The number of rotatable bonds is 1. The SMILES string of the molecule is Cc1ccc2c(c1)C[C@]1(CN2C)C(=O)NC(=O)N(c2ccc(I)cc2)C1=O. The van der Waals surface area contributed by atoms with E-state index >= 15 is 0 Å². The minimum Gasteiger partial charge on any atom is -0.373 e. The molecule has 4 rings (SSSR count). The molecule has 1 saturated heterocycles. The Morgan fingerprint density at radius 1 is 1.07 bits per heavy atom. The number of urea groups is 1. The van der Waals surface area contributed by atoms with Gasteiger partial charge in [-0.05, 0) is 71.8 Å². The van der Waals surface area contributed by atoms with Crippen LogP contribution in [0, 0.1) is 15.9 Å². The number of carbonyl (C=O) groups excluding carboxylic acids is 3. The zero-order valence-electron chi connectivity index (χ0n) is 15.0. The highest BCUT2D eigenvalue weighted by Crippen LogP contribution is 2.40. The van der Waals surface area contributed by atoms with Gasteiger partial charge in [-0.15, -0.1) is 0 Å². The molecule has 27 heavy (non-hydrogen) atoms. The molecule has 1 atom stereocenters. The molecule has 0 saturated carbocycles. The Balaban J connectivity index is 1.80. The van der Waals surface area contributed by atoms with E-state index in [-0.39, 0.29) is 13.0 Å². The summed E-state index contributed by atoms with van der Waals surface area (Å²) in [5.41, 5.74) is 2.14. The Hall–Kier alpha value is -2.42. The first-order chi connectivity index (χ1) is 12.8. The van der Waals surface area contributed by atoms with Crippen LogP contribution in [0.25, 0.3) is 0 Å². The van der Waals surface area contributed by atoms with Crippen molar-refractivity contribution in [3.63, 3.8) is 0 Å². The van der Waals surface area contributed by atoms with Gasteiger partial charge < -0.3 is 4.90 Å². The highest BCUT2D eigenvalue weighted by molar-refractivity contribution is 14.1. The summed E-state index contributed by atoms with van der Waals surface area (Å²) in [6.45, 7) is 2.20. The number of halogens is 1. The fourth-order valence-electron chi connectivity index (χ4n) is 3.90. The second-order valence-corrected chi connectivity index (χ2v) is 8.37. The molecule has 7 heteroatoms. The normalized spacial score (nSPS) is 22.1. The average Bonchev–Trinajstić information content (AvgIpc) is 2.61. The number of nitrogens with zero attached hydrogens (tertiary/aromatic N) is 2. The van der Waals surface area contributed by atoms with Gasteiger partial charge in [0.05, 0.1) is 5.69 Å². The number of aryl methyl sites for hydroxylation is 1. The molecule has 2 aromatic carbocycles. The van der Waals surface area contributed by atoms with Gasteiger partial charge >= 0.3 is 6.03 Å². The van der Waals surface area contributed by atoms with Crippen LogP contribution in [-0.4, -0.2) is 31.4 Å². The molecule has 6 nitrogen and oxygen atoms in total. The lowest BCUT2D eigenvalue weighted by Crippen LogP contribution is -2.68. The summed E-state index contributed by atoms with van der Waals surface area (Å²) in [6, 6.07) is 12.4. The predicted molar refractivity (Wildman–Crippen MR) is 111 cm³/mol. The van der Waals surface area contributed by atoms with Gasteiger partial charge in [0.2, 0.25) is 5.91 Å². The summed E-state index contributed by atoms with van der Waals surface area (Å²) in [5, 5.41) is 2.40. The molecular weight excluding hydrogens is 457 g/mol. The van der Waals surface area contributed by atoms with Gasteiger partial charge in [-0.1, -0.05) is 17.7 Å². The summed E-state index contributed by atoms with van der Waals surface area (Å²) in [5.74, 6) is -1.00. The van der Waals surface area contributed by atoms with Crippen LogP contribution in [0.15, 0.2) is 42.5 Å². The van der Waals surface area contributed by atoms with E-state index in [1.807, 2.05) is 49.2 Å². The molecule has 2 aliphatic heterocycles. The third-order valence-electron chi connectivity index (χ3n) is 5.20. The summed E-state index contributed by atoms with van der Waals surface area (Å²) in [4.78, 5) is 41.8. The van der Waals surface area contributed by atoms with Gasteiger partial charge in [-0.2, -0.15) is 0 Å². The monoisotopic (exact) mass is 475 g/mol. The standard InChI is InChI=1S/C20H18IN3O3/c1-12-3-8-16-13(9-12)10-20(11-23(16)2)17(25)22-19(27)24(18(20)26)15-6-4-14(21)5-7-15/h3-9H,10-11H2,1-2H3,(H,22,25,27)/t20-/m0/s1. The second kappa shape index (κ2) is 6.33. The Labute approximate surface area is 170 Å². The topological polar surface area (TPSA) is 69.7 Å². The number of barbiturate groups is 1. The molecular formula is C20H18IN3O3. The molecule has 0 bridgehead atoms. The fourth-order valence-corrected chi connectivity index (χ4v) is 4.25. The van der Waals surface area contributed by atoms with Crippen molar-refractivity contribution in [2.24, 2.45) is 5.41 Å². The lowest BCUT2D eigenvalue weighted by atomic mass is 9.74. The quantitative estimate of drug-likeness (QED) is 0.509. The van der Waals surface area contributed by atoms with Crippen molar-refractivity contribution in [3.05, 3.63) is 57.2 Å². The van der Waals surface area contributed by atoms with Crippen LogP contribution < -0.4 is 15.1 Å². The van der Waals surface area contributed by atoms with Crippen molar-refractivity contribution in [2.75, 3.05) is 23.4 Å². The Morgan fingerprint density at radius 3 is 2.48 bits per heavy atom. The van der Waals surface area contributed by atoms with Crippen LogP contribution >= 0.6 is 22.6 Å². The van der Waals surface area contributed by atoms with Crippen LogP contribution in [0.1, 0.15) is 11.1 Å². The Kier molecular flexibility index (Phi) is 4.21. The number of anilines is 2.